The van der Waals surface area contributed by atoms with Crippen LogP contribution in [-0.4, -0.2) is 54.2 Å². The van der Waals surface area contributed by atoms with Crippen LogP contribution in [0.15, 0.2) is 53.3 Å². The van der Waals surface area contributed by atoms with Crippen molar-refractivity contribution in [2.24, 2.45) is 0 Å². The quantitative estimate of drug-likeness (QED) is 0.565. The van der Waals surface area contributed by atoms with Crippen molar-refractivity contribution in [3.63, 3.8) is 0 Å². The van der Waals surface area contributed by atoms with E-state index in [0.29, 0.717) is 29.5 Å². The minimum absolute atomic E-state index is 0.0944. The van der Waals surface area contributed by atoms with E-state index in [1.165, 1.54) is 0 Å². The fourth-order valence-corrected chi connectivity index (χ4v) is 3.46. The number of aromatic nitrogens is 1. The zero-order valence-corrected chi connectivity index (χ0v) is 18.7. The molecule has 7 heteroatoms. The molecule has 0 spiro atoms. The first kappa shape index (κ1) is 21.8. The van der Waals surface area contributed by atoms with Crippen molar-refractivity contribution in [2.45, 2.75) is 13.5 Å². The summed E-state index contributed by atoms with van der Waals surface area (Å²) in [6.45, 7) is 3.91. The number of para-hydroxylation sites is 2. The van der Waals surface area contributed by atoms with E-state index in [-0.39, 0.29) is 5.56 Å². The molecule has 158 valence electrons. The SMILES string of the molecule is COc1ccccc1NC(=S)N(CCN(C)C)Cc1cc2ccc(C)cc2[nH]c1=O. The molecule has 0 aliphatic carbocycles. The Morgan fingerprint density at radius 1 is 1.13 bits per heavy atom. The summed E-state index contributed by atoms with van der Waals surface area (Å²) in [5, 5.41) is 4.82. The Morgan fingerprint density at radius 3 is 2.63 bits per heavy atom. The highest BCUT2D eigenvalue weighted by atomic mass is 32.1. The third-order valence-corrected chi connectivity index (χ3v) is 5.25. The summed E-state index contributed by atoms with van der Waals surface area (Å²) in [4.78, 5) is 19.8. The van der Waals surface area contributed by atoms with Crippen LogP contribution in [0.25, 0.3) is 10.9 Å². The Hall–Kier alpha value is -2.90. The van der Waals surface area contributed by atoms with Crippen LogP contribution in [0.3, 0.4) is 0 Å². The van der Waals surface area contributed by atoms with Crippen LogP contribution in [0.4, 0.5) is 5.69 Å². The number of ether oxygens (including phenoxy) is 1. The second kappa shape index (κ2) is 9.73. The highest BCUT2D eigenvalue weighted by Crippen LogP contribution is 2.23. The molecule has 2 aromatic carbocycles. The van der Waals surface area contributed by atoms with E-state index >= 15 is 0 Å². The highest BCUT2D eigenvalue weighted by Gasteiger charge is 2.15. The fraction of sp³-hybridized carbons (Fsp3) is 0.304. The Kier molecular flexibility index (Phi) is 7.07. The van der Waals surface area contributed by atoms with Crippen LogP contribution < -0.4 is 15.6 Å². The van der Waals surface area contributed by atoms with Crippen molar-refractivity contribution in [1.29, 1.82) is 0 Å². The van der Waals surface area contributed by atoms with E-state index in [4.69, 9.17) is 17.0 Å². The van der Waals surface area contributed by atoms with Gasteiger partial charge in [0.1, 0.15) is 5.75 Å². The Balaban J connectivity index is 1.87. The number of H-pyrrole nitrogens is 1. The van der Waals surface area contributed by atoms with E-state index in [2.05, 4.69) is 15.2 Å². The van der Waals surface area contributed by atoms with Crippen molar-refractivity contribution in [2.75, 3.05) is 39.6 Å². The van der Waals surface area contributed by atoms with Gasteiger partial charge in [-0.2, -0.15) is 0 Å². The summed E-state index contributed by atoms with van der Waals surface area (Å²) in [7, 11) is 5.66. The van der Waals surface area contributed by atoms with E-state index in [1.807, 2.05) is 74.4 Å². The molecule has 0 atom stereocenters. The number of thiocarbonyl (C=S) groups is 1. The summed E-state index contributed by atoms with van der Waals surface area (Å²) < 4.78 is 5.42. The number of fused-ring (bicyclic) bond motifs is 1. The number of hydrogen-bond donors (Lipinski definition) is 2. The van der Waals surface area contributed by atoms with Crippen molar-refractivity contribution >= 4 is 33.9 Å². The molecular weight excluding hydrogens is 396 g/mol. The van der Waals surface area contributed by atoms with Gasteiger partial charge in [0.2, 0.25) is 0 Å². The Labute approximate surface area is 182 Å². The van der Waals surface area contributed by atoms with E-state index < -0.39 is 0 Å². The van der Waals surface area contributed by atoms with E-state index in [9.17, 15) is 4.79 Å². The number of likely N-dealkylation sites (N-methyl/N-ethyl adjacent to an activating group) is 1. The lowest BCUT2D eigenvalue weighted by Crippen LogP contribution is -2.40. The number of aromatic amines is 1. The van der Waals surface area contributed by atoms with Gasteiger partial charge in [-0.1, -0.05) is 24.3 Å². The van der Waals surface area contributed by atoms with Crippen LogP contribution in [0.1, 0.15) is 11.1 Å². The number of aryl methyl sites for hydroxylation is 1. The third kappa shape index (κ3) is 5.37. The van der Waals surface area contributed by atoms with Crippen LogP contribution in [0.5, 0.6) is 5.75 Å². The van der Waals surface area contributed by atoms with Gasteiger partial charge >= 0.3 is 0 Å². The average Bonchev–Trinajstić information content (AvgIpc) is 2.71. The third-order valence-electron chi connectivity index (χ3n) is 4.89. The predicted octanol–water partition coefficient (Wildman–Crippen LogP) is 3.61. The first-order chi connectivity index (χ1) is 14.4. The van der Waals surface area contributed by atoms with E-state index in [0.717, 1.165) is 28.7 Å². The second-order valence-corrected chi connectivity index (χ2v) is 7.96. The van der Waals surface area contributed by atoms with Crippen LogP contribution in [0, 0.1) is 6.92 Å². The maximum absolute atomic E-state index is 12.7. The maximum atomic E-state index is 12.7. The fourth-order valence-electron chi connectivity index (χ4n) is 3.20. The molecule has 1 heterocycles. The van der Waals surface area contributed by atoms with Crippen molar-refractivity contribution < 1.29 is 4.74 Å². The molecule has 0 aliphatic rings. The minimum atomic E-state index is -0.0944. The number of methoxy groups -OCH3 is 1. The largest absolute Gasteiger partial charge is 0.495 e. The second-order valence-electron chi connectivity index (χ2n) is 7.57. The van der Waals surface area contributed by atoms with Crippen LogP contribution >= 0.6 is 12.2 Å². The molecule has 0 bridgehead atoms. The topological polar surface area (TPSA) is 60.6 Å². The minimum Gasteiger partial charge on any atom is -0.495 e. The monoisotopic (exact) mass is 424 g/mol. The number of hydrogen-bond acceptors (Lipinski definition) is 4. The molecule has 0 radical (unpaired) electrons. The van der Waals surface area contributed by atoms with Crippen molar-refractivity contribution in [3.05, 3.63) is 70.0 Å². The molecule has 0 unspecified atom stereocenters. The molecule has 0 fully saturated rings. The normalized spacial score (nSPS) is 11.0. The zero-order chi connectivity index (χ0) is 21.7. The molecule has 30 heavy (non-hydrogen) atoms. The van der Waals surface area contributed by atoms with Gasteiger partial charge in [0.25, 0.3) is 5.56 Å². The Bertz CT molecular complexity index is 1090. The molecule has 3 aromatic rings. The maximum Gasteiger partial charge on any atom is 0.253 e. The number of pyridine rings is 1. The molecule has 0 aliphatic heterocycles. The van der Waals surface area contributed by atoms with Crippen molar-refractivity contribution in [3.8, 4) is 5.75 Å². The predicted molar refractivity (Wildman–Crippen MR) is 127 cm³/mol. The lowest BCUT2D eigenvalue weighted by molar-refractivity contribution is 0.327. The first-order valence-corrected chi connectivity index (χ1v) is 10.2. The summed E-state index contributed by atoms with van der Waals surface area (Å²) >= 11 is 5.70. The molecule has 0 saturated carbocycles. The van der Waals surface area contributed by atoms with Gasteiger partial charge in [-0.25, -0.2) is 0 Å². The standard InChI is InChI=1S/C23H28N4O2S/c1-16-9-10-17-14-18(22(28)24-20(17)13-16)15-27(12-11-26(2)3)23(30)25-19-7-5-6-8-21(19)29-4/h5-10,13-14H,11-12,15H2,1-4H3,(H,24,28)(H,25,30). The lowest BCUT2D eigenvalue weighted by Gasteiger charge is -2.27. The van der Waals surface area contributed by atoms with Gasteiger partial charge in [-0.05, 0) is 68.5 Å². The molecule has 2 N–H and O–H groups in total. The van der Waals surface area contributed by atoms with Gasteiger partial charge in [0, 0.05) is 24.2 Å². The summed E-state index contributed by atoms with van der Waals surface area (Å²) in [6, 6.07) is 15.6. The molecule has 0 saturated heterocycles. The lowest BCUT2D eigenvalue weighted by atomic mass is 10.1. The number of benzene rings is 2. The summed E-state index contributed by atoms with van der Waals surface area (Å²) in [5.41, 5.74) is 3.33. The number of nitrogens with one attached hydrogen (secondary N) is 2. The first-order valence-electron chi connectivity index (χ1n) is 9.83. The van der Waals surface area contributed by atoms with Crippen LogP contribution in [0.2, 0.25) is 0 Å². The molecule has 1 aromatic heterocycles. The number of nitrogens with zero attached hydrogens (tertiary/aromatic N) is 2. The molecule has 0 amide bonds. The van der Waals surface area contributed by atoms with Gasteiger partial charge < -0.3 is 24.8 Å². The van der Waals surface area contributed by atoms with Crippen LogP contribution in [-0.2, 0) is 6.54 Å². The number of rotatable bonds is 7. The van der Waals surface area contributed by atoms with E-state index in [1.54, 1.807) is 7.11 Å². The number of anilines is 1. The van der Waals surface area contributed by atoms with Gasteiger partial charge in [-0.3, -0.25) is 4.79 Å². The van der Waals surface area contributed by atoms with Gasteiger partial charge in [0.15, 0.2) is 5.11 Å². The molecular formula is C23H28N4O2S. The smallest absolute Gasteiger partial charge is 0.253 e. The zero-order valence-electron chi connectivity index (χ0n) is 17.9. The summed E-state index contributed by atoms with van der Waals surface area (Å²) in [6.07, 6.45) is 0. The highest BCUT2D eigenvalue weighted by molar-refractivity contribution is 7.80. The van der Waals surface area contributed by atoms with Crippen molar-refractivity contribution in [1.82, 2.24) is 14.8 Å². The molecule has 3 rings (SSSR count). The summed E-state index contributed by atoms with van der Waals surface area (Å²) in [5.74, 6) is 0.714. The Morgan fingerprint density at radius 2 is 1.90 bits per heavy atom. The van der Waals surface area contributed by atoms with Gasteiger partial charge in [-0.15, -0.1) is 0 Å². The molecule has 6 nitrogen and oxygen atoms in total. The average molecular weight is 425 g/mol. The van der Waals surface area contributed by atoms with Gasteiger partial charge in [0.05, 0.1) is 19.3 Å².